The highest BCUT2D eigenvalue weighted by Gasteiger charge is 2.25. The van der Waals surface area contributed by atoms with Gasteiger partial charge in [-0.1, -0.05) is 25.1 Å². The molecule has 18 heavy (non-hydrogen) atoms. The molecule has 0 atom stereocenters. The topological polar surface area (TPSA) is 32.5 Å². The number of hydrogen-bond donors (Lipinski definition) is 1. The van der Waals surface area contributed by atoms with Gasteiger partial charge in [0, 0.05) is 32.2 Å². The third-order valence-electron chi connectivity index (χ3n) is 4.40. The van der Waals surface area contributed by atoms with Crippen molar-refractivity contribution in [1.82, 2.24) is 9.80 Å². The number of unbranched alkanes of at least 4 members (excludes halogenated alkanes) is 1. The number of hydrogen-bond acceptors (Lipinski definition) is 3. The van der Waals surface area contributed by atoms with Gasteiger partial charge >= 0.3 is 0 Å². The van der Waals surface area contributed by atoms with Crippen LogP contribution in [0.15, 0.2) is 0 Å². The fourth-order valence-electron chi connectivity index (χ4n) is 3.26. The standard InChI is InChI=1S/C14H27N3S/c15-14(18)7-3-4-8-16-9-11-17(12-10-16)13-5-1-2-6-13/h13H,1-12H2,(H2,15,18). The van der Waals surface area contributed by atoms with Crippen LogP contribution >= 0.6 is 12.2 Å². The van der Waals surface area contributed by atoms with Crippen LogP contribution in [0, 0.1) is 0 Å². The molecular formula is C14H27N3S. The number of nitrogens with two attached hydrogens (primary N) is 1. The molecule has 2 fully saturated rings. The van der Waals surface area contributed by atoms with E-state index in [1.54, 1.807) is 0 Å². The molecule has 4 heteroatoms. The minimum Gasteiger partial charge on any atom is -0.393 e. The molecule has 0 aromatic carbocycles. The number of rotatable bonds is 6. The van der Waals surface area contributed by atoms with Gasteiger partial charge < -0.3 is 10.6 Å². The molecule has 1 saturated carbocycles. The molecule has 104 valence electrons. The monoisotopic (exact) mass is 269 g/mol. The van der Waals surface area contributed by atoms with Crippen molar-refractivity contribution in [1.29, 1.82) is 0 Å². The maximum atomic E-state index is 5.51. The molecule has 3 nitrogen and oxygen atoms in total. The number of nitrogens with zero attached hydrogens (tertiary/aromatic N) is 2. The maximum absolute atomic E-state index is 5.51. The molecule has 1 heterocycles. The predicted octanol–water partition coefficient (Wildman–Crippen LogP) is 2.00. The van der Waals surface area contributed by atoms with E-state index in [1.165, 1.54) is 64.8 Å². The molecule has 0 radical (unpaired) electrons. The Labute approximate surface area is 117 Å². The molecule has 0 bridgehead atoms. The van der Waals surface area contributed by atoms with E-state index in [9.17, 15) is 0 Å². The fraction of sp³-hybridized carbons (Fsp3) is 0.929. The third kappa shape index (κ3) is 4.48. The summed E-state index contributed by atoms with van der Waals surface area (Å²) in [4.78, 5) is 5.99. The summed E-state index contributed by atoms with van der Waals surface area (Å²) in [5.74, 6) is 0. The van der Waals surface area contributed by atoms with Crippen LogP contribution in [0.3, 0.4) is 0 Å². The first-order chi connectivity index (χ1) is 8.75. The summed E-state index contributed by atoms with van der Waals surface area (Å²) in [5.41, 5.74) is 5.51. The molecular weight excluding hydrogens is 242 g/mol. The molecule has 2 N–H and O–H groups in total. The Morgan fingerprint density at radius 1 is 1.06 bits per heavy atom. The highest BCUT2D eigenvalue weighted by atomic mass is 32.1. The van der Waals surface area contributed by atoms with Crippen LogP contribution in [0.5, 0.6) is 0 Å². The van der Waals surface area contributed by atoms with Gasteiger partial charge in [0.25, 0.3) is 0 Å². The Morgan fingerprint density at radius 3 is 2.33 bits per heavy atom. The molecule has 0 amide bonds. The predicted molar refractivity (Wildman–Crippen MR) is 80.9 cm³/mol. The fourth-order valence-corrected chi connectivity index (χ4v) is 3.40. The van der Waals surface area contributed by atoms with Gasteiger partial charge in [0.05, 0.1) is 4.99 Å². The summed E-state index contributed by atoms with van der Waals surface area (Å²) in [7, 11) is 0. The largest absolute Gasteiger partial charge is 0.393 e. The van der Waals surface area contributed by atoms with E-state index in [-0.39, 0.29) is 0 Å². The average molecular weight is 269 g/mol. The lowest BCUT2D eigenvalue weighted by molar-refractivity contribution is 0.0970. The minimum absolute atomic E-state index is 0.668. The van der Waals surface area contributed by atoms with Crippen LogP contribution in [0.2, 0.25) is 0 Å². The first-order valence-electron chi connectivity index (χ1n) is 7.50. The second-order valence-electron chi connectivity index (χ2n) is 5.74. The van der Waals surface area contributed by atoms with Crippen molar-refractivity contribution in [2.24, 2.45) is 5.73 Å². The zero-order valence-electron chi connectivity index (χ0n) is 11.4. The Morgan fingerprint density at radius 2 is 1.72 bits per heavy atom. The summed E-state index contributed by atoms with van der Waals surface area (Å²) in [6.45, 7) is 6.29. The van der Waals surface area contributed by atoms with Gasteiger partial charge in [-0.05, 0) is 38.6 Å². The van der Waals surface area contributed by atoms with Crippen molar-refractivity contribution in [2.75, 3.05) is 32.7 Å². The SMILES string of the molecule is NC(=S)CCCCN1CCN(C2CCCC2)CC1. The van der Waals surface area contributed by atoms with Gasteiger partial charge in [0.1, 0.15) is 0 Å². The average Bonchev–Trinajstić information content (AvgIpc) is 2.89. The molecule has 0 spiro atoms. The maximum Gasteiger partial charge on any atom is 0.0727 e. The third-order valence-corrected chi connectivity index (χ3v) is 4.60. The first kappa shape index (κ1) is 14.2. The van der Waals surface area contributed by atoms with Crippen LogP contribution in [-0.4, -0.2) is 53.6 Å². The highest BCUT2D eigenvalue weighted by Crippen LogP contribution is 2.24. The van der Waals surface area contributed by atoms with Gasteiger partial charge in [-0.2, -0.15) is 0 Å². The van der Waals surface area contributed by atoms with Gasteiger partial charge in [-0.15, -0.1) is 0 Å². The zero-order valence-corrected chi connectivity index (χ0v) is 12.3. The Bertz CT molecular complexity index is 256. The summed E-state index contributed by atoms with van der Waals surface area (Å²) in [6, 6.07) is 0.904. The quantitative estimate of drug-likeness (QED) is 0.590. The molecule has 1 saturated heterocycles. The Kier molecular flexibility index (Phi) is 5.86. The van der Waals surface area contributed by atoms with Crippen molar-refractivity contribution >= 4 is 17.2 Å². The van der Waals surface area contributed by atoms with Crippen molar-refractivity contribution < 1.29 is 0 Å². The normalized spacial score (nSPS) is 23.6. The molecule has 1 aliphatic heterocycles. The van der Waals surface area contributed by atoms with E-state index in [4.69, 9.17) is 18.0 Å². The van der Waals surface area contributed by atoms with Crippen LogP contribution in [-0.2, 0) is 0 Å². The molecule has 0 unspecified atom stereocenters. The minimum atomic E-state index is 0.668. The number of thiocarbonyl (C=S) groups is 1. The summed E-state index contributed by atoms with van der Waals surface area (Å²) in [6.07, 6.45) is 9.08. The summed E-state index contributed by atoms with van der Waals surface area (Å²) in [5, 5.41) is 0. The smallest absolute Gasteiger partial charge is 0.0727 e. The molecule has 1 aliphatic carbocycles. The zero-order chi connectivity index (χ0) is 12.8. The van der Waals surface area contributed by atoms with E-state index >= 15 is 0 Å². The van der Waals surface area contributed by atoms with E-state index in [2.05, 4.69) is 9.80 Å². The van der Waals surface area contributed by atoms with Gasteiger partial charge in [-0.25, -0.2) is 0 Å². The molecule has 0 aromatic rings. The Balaban J connectivity index is 1.57. The van der Waals surface area contributed by atoms with Crippen molar-refractivity contribution in [2.45, 2.75) is 51.0 Å². The van der Waals surface area contributed by atoms with Crippen LogP contribution in [0.1, 0.15) is 44.9 Å². The van der Waals surface area contributed by atoms with E-state index in [0.717, 1.165) is 18.9 Å². The van der Waals surface area contributed by atoms with Crippen LogP contribution in [0.25, 0.3) is 0 Å². The van der Waals surface area contributed by atoms with Gasteiger partial charge in [0.2, 0.25) is 0 Å². The molecule has 0 aromatic heterocycles. The lowest BCUT2D eigenvalue weighted by atomic mass is 10.1. The molecule has 2 aliphatic rings. The second-order valence-corrected chi connectivity index (χ2v) is 6.26. The summed E-state index contributed by atoms with van der Waals surface area (Å²) >= 11 is 4.90. The van der Waals surface area contributed by atoms with Crippen LogP contribution in [0.4, 0.5) is 0 Å². The summed E-state index contributed by atoms with van der Waals surface area (Å²) < 4.78 is 0. The van der Waals surface area contributed by atoms with Crippen molar-refractivity contribution in [3.8, 4) is 0 Å². The second kappa shape index (κ2) is 7.41. The van der Waals surface area contributed by atoms with Crippen molar-refractivity contribution in [3.05, 3.63) is 0 Å². The highest BCUT2D eigenvalue weighted by molar-refractivity contribution is 7.80. The lowest BCUT2D eigenvalue weighted by Crippen LogP contribution is -2.49. The van der Waals surface area contributed by atoms with Gasteiger partial charge in [0.15, 0.2) is 0 Å². The Hall–Kier alpha value is -0.190. The first-order valence-corrected chi connectivity index (χ1v) is 7.91. The van der Waals surface area contributed by atoms with Crippen LogP contribution < -0.4 is 5.73 Å². The lowest BCUT2D eigenvalue weighted by Gasteiger charge is -2.38. The van der Waals surface area contributed by atoms with E-state index in [1.807, 2.05) is 0 Å². The number of piperazine rings is 1. The van der Waals surface area contributed by atoms with Crippen molar-refractivity contribution in [3.63, 3.8) is 0 Å². The van der Waals surface area contributed by atoms with E-state index in [0.29, 0.717) is 4.99 Å². The van der Waals surface area contributed by atoms with E-state index < -0.39 is 0 Å². The molecule has 2 rings (SSSR count). The van der Waals surface area contributed by atoms with Gasteiger partial charge in [-0.3, -0.25) is 4.90 Å².